The Kier molecular flexibility index (Phi) is 7.66. The molecule has 0 aliphatic carbocycles. The lowest BCUT2D eigenvalue weighted by Gasteiger charge is -2.36. The molecule has 140 valence electrons. The molecule has 0 saturated carbocycles. The summed E-state index contributed by atoms with van der Waals surface area (Å²) in [6, 6.07) is 6.56. The smallest absolute Gasteiger partial charge is 0.239 e. The van der Waals surface area contributed by atoms with Crippen LogP contribution in [0.4, 0.5) is 4.39 Å². The number of hydrogen-bond donors (Lipinski definition) is 1. The van der Waals surface area contributed by atoms with Gasteiger partial charge in [0.1, 0.15) is 5.82 Å². The fraction of sp³-hybridized carbons (Fsp3) is 0.632. The van der Waals surface area contributed by atoms with Crippen LogP contribution < -0.4 is 5.73 Å². The van der Waals surface area contributed by atoms with Crippen LogP contribution in [-0.2, 0) is 16.0 Å². The molecule has 6 heteroatoms. The van der Waals surface area contributed by atoms with Gasteiger partial charge in [-0.1, -0.05) is 18.2 Å². The van der Waals surface area contributed by atoms with Crippen LogP contribution >= 0.6 is 12.4 Å². The van der Waals surface area contributed by atoms with Gasteiger partial charge in [-0.15, -0.1) is 12.4 Å². The van der Waals surface area contributed by atoms with E-state index in [1.165, 1.54) is 6.07 Å². The Balaban J connectivity index is 0.00000225. The second-order valence-electron chi connectivity index (χ2n) is 7.04. The summed E-state index contributed by atoms with van der Waals surface area (Å²) in [4.78, 5) is 14.5. The number of carbonyl (C=O) groups is 1. The molecule has 2 N–H and O–H groups in total. The molecule has 0 bridgehead atoms. The van der Waals surface area contributed by atoms with Crippen molar-refractivity contribution in [2.45, 2.75) is 38.1 Å². The van der Waals surface area contributed by atoms with Crippen molar-refractivity contribution in [3.63, 3.8) is 0 Å². The summed E-state index contributed by atoms with van der Waals surface area (Å²) in [6.07, 6.45) is 4.33. The van der Waals surface area contributed by atoms with Crippen molar-refractivity contribution in [1.82, 2.24) is 4.90 Å². The van der Waals surface area contributed by atoms with Crippen LogP contribution in [0, 0.1) is 17.7 Å². The quantitative estimate of drug-likeness (QED) is 0.886. The van der Waals surface area contributed by atoms with Crippen LogP contribution in [0.25, 0.3) is 0 Å². The van der Waals surface area contributed by atoms with Crippen molar-refractivity contribution in [1.29, 1.82) is 0 Å². The number of piperidine rings is 1. The summed E-state index contributed by atoms with van der Waals surface area (Å²) in [5.41, 5.74) is 6.98. The number of ether oxygens (including phenoxy) is 1. The van der Waals surface area contributed by atoms with Gasteiger partial charge in [0.15, 0.2) is 0 Å². The van der Waals surface area contributed by atoms with Crippen molar-refractivity contribution in [3.8, 4) is 0 Å². The molecule has 2 saturated heterocycles. The van der Waals surface area contributed by atoms with Gasteiger partial charge in [0.25, 0.3) is 0 Å². The molecule has 1 aromatic carbocycles. The maximum Gasteiger partial charge on any atom is 0.239 e. The van der Waals surface area contributed by atoms with Crippen LogP contribution in [0.5, 0.6) is 0 Å². The first-order chi connectivity index (χ1) is 11.6. The molecule has 2 aliphatic heterocycles. The van der Waals surface area contributed by atoms with E-state index in [1.807, 2.05) is 17.0 Å². The first-order valence-electron chi connectivity index (χ1n) is 9.00. The maximum atomic E-state index is 13.8. The zero-order valence-electron chi connectivity index (χ0n) is 14.5. The average molecular weight is 371 g/mol. The van der Waals surface area contributed by atoms with Gasteiger partial charge in [-0.25, -0.2) is 4.39 Å². The Bertz CT molecular complexity index is 558. The fourth-order valence-electron chi connectivity index (χ4n) is 3.82. The van der Waals surface area contributed by atoms with Gasteiger partial charge in [-0.2, -0.15) is 0 Å². The second kappa shape index (κ2) is 9.51. The minimum absolute atomic E-state index is 0. The number of carbonyl (C=O) groups excluding carboxylic acids is 1. The second-order valence-corrected chi connectivity index (χ2v) is 7.04. The summed E-state index contributed by atoms with van der Waals surface area (Å²) < 4.78 is 19.1. The van der Waals surface area contributed by atoms with E-state index in [9.17, 15) is 9.18 Å². The first kappa shape index (κ1) is 20.1. The van der Waals surface area contributed by atoms with Crippen molar-refractivity contribution >= 4 is 18.3 Å². The topological polar surface area (TPSA) is 55.6 Å². The summed E-state index contributed by atoms with van der Waals surface area (Å²) in [6.45, 7) is 2.87. The van der Waals surface area contributed by atoms with E-state index in [0.29, 0.717) is 19.1 Å². The number of nitrogens with two attached hydrogens (primary N) is 1. The first-order valence-corrected chi connectivity index (χ1v) is 9.00. The minimum Gasteiger partial charge on any atom is -0.381 e. The minimum atomic E-state index is -0.406. The van der Waals surface area contributed by atoms with Crippen molar-refractivity contribution in [2.24, 2.45) is 17.6 Å². The Morgan fingerprint density at radius 1 is 1.20 bits per heavy atom. The maximum absolute atomic E-state index is 13.8. The zero-order chi connectivity index (χ0) is 16.9. The molecular formula is C19H28ClFN2O2. The van der Waals surface area contributed by atoms with Gasteiger partial charge in [0.05, 0.1) is 6.04 Å². The molecule has 25 heavy (non-hydrogen) atoms. The molecule has 1 atom stereocenters. The third-order valence-corrected chi connectivity index (χ3v) is 5.45. The Morgan fingerprint density at radius 3 is 2.48 bits per heavy atom. The number of hydrogen-bond acceptors (Lipinski definition) is 3. The van der Waals surface area contributed by atoms with Crippen molar-refractivity contribution in [3.05, 3.63) is 35.6 Å². The van der Waals surface area contributed by atoms with Crippen LogP contribution in [0.15, 0.2) is 24.3 Å². The Hall–Kier alpha value is -1.17. The van der Waals surface area contributed by atoms with E-state index in [0.717, 1.165) is 50.8 Å². The summed E-state index contributed by atoms with van der Waals surface area (Å²) in [5, 5.41) is 0. The standard InChI is InChI=1S/C19H27FN2O2.ClH/c20-17-4-2-1-3-16(17)13-14-5-9-22(10-6-14)19(23)18(21)15-7-11-24-12-8-15;/h1-4,14-15,18H,5-13,21H2;1H. The monoisotopic (exact) mass is 370 g/mol. The van der Waals surface area contributed by atoms with Gasteiger partial charge < -0.3 is 15.4 Å². The lowest BCUT2D eigenvalue weighted by molar-refractivity contribution is -0.136. The van der Waals surface area contributed by atoms with E-state index < -0.39 is 6.04 Å². The molecule has 2 aliphatic rings. The summed E-state index contributed by atoms with van der Waals surface area (Å²) in [5.74, 6) is 0.622. The fourth-order valence-corrected chi connectivity index (χ4v) is 3.82. The molecule has 0 spiro atoms. The van der Waals surface area contributed by atoms with E-state index in [-0.39, 0.29) is 30.0 Å². The highest BCUT2D eigenvalue weighted by molar-refractivity contribution is 5.85. The lowest BCUT2D eigenvalue weighted by atomic mass is 9.88. The molecule has 1 unspecified atom stereocenters. The molecule has 3 rings (SSSR count). The zero-order valence-corrected chi connectivity index (χ0v) is 15.3. The number of halogens is 2. The van der Waals surface area contributed by atoms with Gasteiger partial charge >= 0.3 is 0 Å². The van der Waals surface area contributed by atoms with Gasteiger partial charge in [0.2, 0.25) is 5.91 Å². The molecule has 1 aromatic rings. The molecule has 1 amide bonds. The highest BCUT2D eigenvalue weighted by atomic mass is 35.5. The predicted octanol–water partition coefficient (Wildman–Crippen LogP) is 2.78. The van der Waals surface area contributed by atoms with Crippen LogP contribution in [0.2, 0.25) is 0 Å². The van der Waals surface area contributed by atoms with E-state index in [1.54, 1.807) is 6.07 Å². The van der Waals surface area contributed by atoms with Gasteiger partial charge in [0, 0.05) is 26.3 Å². The molecule has 0 radical (unpaired) electrons. The number of amides is 1. The summed E-state index contributed by atoms with van der Waals surface area (Å²) in [7, 11) is 0. The summed E-state index contributed by atoms with van der Waals surface area (Å²) >= 11 is 0. The number of rotatable bonds is 4. The van der Waals surface area contributed by atoms with E-state index in [4.69, 9.17) is 10.5 Å². The van der Waals surface area contributed by atoms with E-state index in [2.05, 4.69) is 0 Å². The van der Waals surface area contributed by atoms with Crippen LogP contribution in [-0.4, -0.2) is 43.2 Å². The molecule has 4 nitrogen and oxygen atoms in total. The van der Waals surface area contributed by atoms with Gasteiger partial charge in [-0.05, 0) is 55.6 Å². The normalized spacial score (nSPS) is 20.8. The van der Waals surface area contributed by atoms with Crippen LogP contribution in [0.1, 0.15) is 31.2 Å². The molecule has 0 aromatic heterocycles. The Morgan fingerprint density at radius 2 is 1.84 bits per heavy atom. The average Bonchev–Trinajstić information content (AvgIpc) is 2.64. The molecule has 2 heterocycles. The van der Waals surface area contributed by atoms with Gasteiger partial charge in [-0.3, -0.25) is 4.79 Å². The predicted molar refractivity (Wildman–Crippen MR) is 98.2 cm³/mol. The van der Waals surface area contributed by atoms with Crippen molar-refractivity contribution in [2.75, 3.05) is 26.3 Å². The highest BCUT2D eigenvalue weighted by Gasteiger charge is 2.32. The van der Waals surface area contributed by atoms with E-state index >= 15 is 0 Å². The number of likely N-dealkylation sites (tertiary alicyclic amines) is 1. The molecule has 2 fully saturated rings. The number of nitrogens with zero attached hydrogens (tertiary/aromatic N) is 1. The van der Waals surface area contributed by atoms with Crippen molar-refractivity contribution < 1.29 is 13.9 Å². The number of benzene rings is 1. The highest BCUT2D eigenvalue weighted by Crippen LogP contribution is 2.25. The third kappa shape index (κ3) is 5.16. The van der Waals surface area contributed by atoms with Crippen LogP contribution in [0.3, 0.4) is 0 Å². The largest absolute Gasteiger partial charge is 0.381 e. The molecular weight excluding hydrogens is 343 g/mol. The Labute approximate surface area is 155 Å². The SMILES string of the molecule is Cl.NC(C(=O)N1CCC(Cc2ccccc2F)CC1)C1CCOCC1. The lowest BCUT2D eigenvalue weighted by Crippen LogP contribution is -2.51. The third-order valence-electron chi connectivity index (χ3n) is 5.45.